The first kappa shape index (κ1) is 19.8. The molecule has 0 unspecified atom stereocenters. The summed E-state index contributed by atoms with van der Waals surface area (Å²) >= 11 is 5.75. The van der Waals surface area contributed by atoms with Crippen molar-refractivity contribution in [2.24, 2.45) is 5.92 Å². The van der Waals surface area contributed by atoms with Gasteiger partial charge in [-0.05, 0) is 24.1 Å². The van der Waals surface area contributed by atoms with Gasteiger partial charge in [0.2, 0.25) is 0 Å². The van der Waals surface area contributed by atoms with Crippen LogP contribution in [0, 0.1) is 5.92 Å². The molecule has 1 aromatic rings. The Labute approximate surface area is 145 Å². The van der Waals surface area contributed by atoms with E-state index < -0.39 is 30.5 Å². The van der Waals surface area contributed by atoms with Crippen molar-refractivity contribution in [3.63, 3.8) is 0 Å². The highest BCUT2D eigenvalue weighted by molar-refractivity contribution is 6.31. The third-order valence-corrected chi connectivity index (χ3v) is 3.79. The summed E-state index contributed by atoms with van der Waals surface area (Å²) < 4.78 is 9.58. The van der Waals surface area contributed by atoms with Crippen molar-refractivity contribution in [3.8, 4) is 0 Å². The number of rotatable bonds is 7. The lowest BCUT2D eigenvalue weighted by atomic mass is 9.99. The second-order valence-electron chi connectivity index (χ2n) is 5.26. The van der Waals surface area contributed by atoms with E-state index in [0.29, 0.717) is 11.4 Å². The van der Waals surface area contributed by atoms with Crippen molar-refractivity contribution in [3.05, 3.63) is 28.8 Å². The van der Waals surface area contributed by atoms with E-state index in [4.69, 9.17) is 22.1 Å². The minimum absolute atomic E-state index is 0.110. The third kappa shape index (κ3) is 5.42. The first-order valence-electron chi connectivity index (χ1n) is 7.39. The monoisotopic (exact) mass is 356 g/mol. The molecule has 0 fully saturated rings. The van der Waals surface area contributed by atoms with Crippen molar-refractivity contribution in [2.75, 3.05) is 19.5 Å². The smallest absolute Gasteiger partial charge is 0.340 e. The summed E-state index contributed by atoms with van der Waals surface area (Å²) in [5.41, 5.74) is 5.94. The van der Waals surface area contributed by atoms with Crippen LogP contribution in [0.25, 0.3) is 0 Å². The van der Waals surface area contributed by atoms with E-state index in [1.807, 2.05) is 13.8 Å². The van der Waals surface area contributed by atoms with Gasteiger partial charge in [0.05, 0.1) is 12.7 Å². The maximum Gasteiger partial charge on any atom is 0.340 e. The van der Waals surface area contributed by atoms with Crippen LogP contribution < -0.4 is 11.1 Å². The summed E-state index contributed by atoms with van der Waals surface area (Å²) in [6.45, 7) is 3.16. The molecule has 1 aromatic carbocycles. The Morgan fingerprint density at radius 3 is 2.54 bits per heavy atom. The van der Waals surface area contributed by atoms with E-state index in [-0.39, 0.29) is 17.2 Å². The standard InChI is InChI=1S/C16H21ClN2O5/c1-4-9(2)14(16(22)23-3)19-13(20)8-24-15(21)11-6-5-10(17)7-12(11)18/h5-7,9,14H,4,8,18H2,1-3H3,(H,19,20)/t9-,14-/m0/s1. The number of amides is 1. The van der Waals surface area contributed by atoms with Gasteiger partial charge in [-0.1, -0.05) is 31.9 Å². The molecule has 0 heterocycles. The molecule has 132 valence electrons. The maximum absolute atomic E-state index is 11.9. The molecule has 0 aromatic heterocycles. The summed E-state index contributed by atoms with van der Waals surface area (Å²) in [7, 11) is 1.24. The van der Waals surface area contributed by atoms with Crippen molar-refractivity contribution in [1.82, 2.24) is 5.32 Å². The number of halogens is 1. The van der Waals surface area contributed by atoms with E-state index in [9.17, 15) is 14.4 Å². The zero-order valence-electron chi connectivity index (χ0n) is 13.8. The van der Waals surface area contributed by atoms with E-state index >= 15 is 0 Å². The van der Waals surface area contributed by atoms with Crippen LogP contribution in [0.15, 0.2) is 18.2 Å². The number of nitrogen functional groups attached to an aromatic ring is 1. The lowest BCUT2D eigenvalue weighted by Crippen LogP contribution is -2.47. The van der Waals surface area contributed by atoms with Crippen molar-refractivity contribution in [2.45, 2.75) is 26.3 Å². The average molecular weight is 357 g/mol. The summed E-state index contributed by atoms with van der Waals surface area (Å²) in [4.78, 5) is 35.6. The molecule has 0 radical (unpaired) electrons. The number of esters is 2. The summed E-state index contributed by atoms with van der Waals surface area (Å²) in [5, 5.41) is 2.89. The van der Waals surface area contributed by atoms with Crippen LogP contribution in [-0.4, -0.2) is 37.6 Å². The molecule has 0 saturated heterocycles. The quantitative estimate of drug-likeness (QED) is 0.569. The van der Waals surface area contributed by atoms with Gasteiger partial charge in [-0.2, -0.15) is 0 Å². The lowest BCUT2D eigenvalue weighted by molar-refractivity contribution is -0.147. The van der Waals surface area contributed by atoms with Gasteiger partial charge in [0.25, 0.3) is 5.91 Å². The van der Waals surface area contributed by atoms with Gasteiger partial charge in [-0.15, -0.1) is 0 Å². The van der Waals surface area contributed by atoms with Gasteiger partial charge < -0.3 is 20.5 Å². The van der Waals surface area contributed by atoms with Crippen LogP contribution in [0.1, 0.15) is 30.6 Å². The zero-order valence-corrected chi connectivity index (χ0v) is 14.6. The van der Waals surface area contributed by atoms with E-state index in [1.165, 1.54) is 25.3 Å². The SMILES string of the molecule is CC[C@H](C)[C@H](NC(=O)COC(=O)c1ccc(Cl)cc1N)C(=O)OC. The largest absolute Gasteiger partial charge is 0.467 e. The zero-order chi connectivity index (χ0) is 18.3. The van der Waals surface area contributed by atoms with E-state index in [0.717, 1.165) is 0 Å². The molecule has 8 heteroatoms. The Morgan fingerprint density at radius 2 is 2.00 bits per heavy atom. The minimum atomic E-state index is -0.799. The fraction of sp³-hybridized carbons (Fsp3) is 0.438. The molecule has 1 rings (SSSR count). The summed E-state index contributed by atoms with van der Waals surface area (Å²) in [5.74, 6) is -2.03. The highest BCUT2D eigenvalue weighted by Gasteiger charge is 2.27. The number of methoxy groups -OCH3 is 1. The number of anilines is 1. The molecule has 0 aliphatic heterocycles. The molecule has 0 aliphatic rings. The number of nitrogens with one attached hydrogen (secondary N) is 1. The average Bonchev–Trinajstić information content (AvgIpc) is 2.56. The van der Waals surface area contributed by atoms with Gasteiger partial charge in [-0.25, -0.2) is 9.59 Å². The van der Waals surface area contributed by atoms with Gasteiger partial charge in [0.1, 0.15) is 6.04 Å². The predicted octanol–water partition coefficient (Wildman–Crippen LogP) is 1.78. The fourth-order valence-corrected chi connectivity index (χ4v) is 2.12. The number of hydrogen-bond donors (Lipinski definition) is 2. The van der Waals surface area contributed by atoms with Crippen molar-refractivity contribution < 1.29 is 23.9 Å². The molecular weight excluding hydrogens is 336 g/mol. The van der Waals surface area contributed by atoms with E-state index in [1.54, 1.807) is 0 Å². The fourth-order valence-electron chi connectivity index (χ4n) is 1.94. The van der Waals surface area contributed by atoms with Gasteiger partial charge in [-0.3, -0.25) is 4.79 Å². The number of carbonyl (C=O) groups excluding carboxylic acids is 3. The van der Waals surface area contributed by atoms with Crippen LogP contribution in [0.4, 0.5) is 5.69 Å². The lowest BCUT2D eigenvalue weighted by Gasteiger charge is -2.21. The molecule has 0 saturated carbocycles. The van der Waals surface area contributed by atoms with Gasteiger partial charge >= 0.3 is 11.9 Å². The molecule has 3 N–H and O–H groups in total. The van der Waals surface area contributed by atoms with E-state index in [2.05, 4.69) is 10.1 Å². The topological polar surface area (TPSA) is 108 Å². The number of hydrogen-bond acceptors (Lipinski definition) is 6. The Morgan fingerprint density at radius 1 is 1.33 bits per heavy atom. The Balaban J connectivity index is 2.64. The molecular formula is C16H21ClN2O5. The summed E-state index contributed by atoms with van der Waals surface area (Å²) in [6, 6.07) is 3.51. The molecule has 24 heavy (non-hydrogen) atoms. The first-order valence-corrected chi connectivity index (χ1v) is 7.77. The molecule has 0 spiro atoms. The molecule has 0 bridgehead atoms. The van der Waals surface area contributed by atoms with Crippen molar-refractivity contribution >= 4 is 35.1 Å². The third-order valence-electron chi connectivity index (χ3n) is 3.55. The number of carbonyl (C=O) groups is 3. The van der Waals surface area contributed by atoms with Crippen molar-refractivity contribution in [1.29, 1.82) is 0 Å². The Kier molecular flexibility index (Phi) is 7.51. The second kappa shape index (κ2) is 9.12. The predicted molar refractivity (Wildman–Crippen MR) is 89.5 cm³/mol. The normalized spacial score (nSPS) is 12.8. The molecule has 7 nitrogen and oxygen atoms in total. The highest BCUT2D eigenvalue weighted by Crippen LogP contribution is 2.18. The van der Waals surface area contributed by atoms with Crippen LogP contribution >= 0.6 is 11.6 Å². The Bertz CT molecular complexity index is 620. The Hall–Kier alpha value is -2.28. The van der Waals surface area contributed by atoms with Crippen LogP contribution in [0.2, 0.25) is 5.02 Å². The van der Waals surface area contributed by atoms with Crippen LogP contribution in [-0.2, 0) is 19.1 Å². The summed E-state index contributed by atoms with van der Waals surface area (Å²) in [6.07, 6.45) is 0.668. The van der Waals surface area contributed by atoms with Gasteiger partial charge in [0.15, 0.2) is 6.61 Å². The van der Waals surface area contributed by atoms with Gasteiger partial charge in [0, 0.05) is 10.7 Å². The van der Waals surface area contributed by atoms with Crippen LogP contribution in [0.3, 0.4) is 0 Å². The molecule has 0 aliphatic carbocycles. The molecule has 1 amide bonds. The maximum atomic E-state index is 11.9. The number of ether oxygens (including phenoxy) is 2. The second-order valence-corrected chi connectivity index (χ2v) is 5.70. The number of benzene rings is 1. The van der Waals surface area contributed by atoms with Crippen LogP contribution in [0.5, 0.6) is 0 Å². The highest BCUT2D eigenvalue weighted by atomic mass is 35.5. The molecule has 2 atom stereocenters. The number of nitrogens with two attached hydrogens (primary N) is 1. The first-order chi connectivity index (χ1) is 11.3. The minimum Gasteiger partial charge on any atom is -0.467 e.